The zero-order valence-corrected chi connectivity index (χ0v) is 12.5. The first kappa shape index (κ1) is 14.1. The third-order valence-corrected chi connectivity index (χ3v) is 3.61. The number of nitrogens with one attached hydrogen (secondary N) is 1. The molecular formula is C15H19ClN2O. The molecule has 0 amide bonds. The first-order valence-electron chi connectivity index (χ1n) is 6.43. The van der Waals surface area contributed by atoms with Gasteiger partial charge in [-0.1, -0.05) is 28.9 Å². The Bertz CT molecular complexity index is 546. The Balaban J connectivity index is 2.13. The van der Waals surface area contributed by atoms with Crippen LogP contribution in [0, 0.1) is 13.8 Å². The number of hydrogen-bond donors (Lipinski definition) is 1. The van der Waals surface area contributed by atoms with Crippen molar-refractivity contribution in [3.8, 4) is 0 Å². The number of hydrogen-bond acceptors (Lipinski definition) is 3. The molecule has 1 heterocycles. The van der Waals surface area contributed by atoms with Crippen molar-refractivity contribution in [2.45, 2.75) is 39.8 Å². The minimum Gasteiger partial charge on any atom is -0.361 e. The second-order valence-corrected chi connectivity index (χ2v) is 5.34. The Hall–Kier alpha value is -1.32. The van der Waals surface area contributed by atoms with Crippen molar-refractivity contribution < 1.29 is 4.52 Å². The third-order valence-electron chi connectivity index (χ3n) is 3.37. The van der Waals surface area contributed by atoms with Gasteiger partial charge in [0.15, 0.2) is 0 Å². The van der Waals surface area contributed by atoms with E-state index in [1.807, 2.05) is 32.0 Å². The largest absolute Gasteiger partial charge is 0.361 e. The van der Waals surface area contributed by atoms with E-state index in [4.69, 9.17) is 16.1 Å². The summed E-state index contributed by atoms with van der Waals surface area (Å²) in [6.07, 6.45) is 0. The predicted molar refractivity (Wildman–Crippen MR) is 77.4 cm³/mol. The van der Waals surface area contributed by atoms with Crippen LogP contribution < -0.4 is 5.32 Å². The van der Waals surface area contributed by atoms with Crippen LogP contribution in [-0.4, -0.2) is 5.16 Å². The highest BCUT2D eigenvalue weighted by Gasteiger charge is 2.18. The maximum atomic E-state index is 6.02. The van der Waals surface area contributed by atoms with Crippen LogP contribution in [0.3, 0.4) is 0 Å². The summed E-state index contributed by atoms with van der Waals surface area (Å²) >= 11 is 6.02. The number of rotatable bonds is 4. The van der Waals surface area contributed by atoms with Crippen LogP contribution in [-0.2, 0) is 0 Å². The molecule has 0 fully saturated rings. The third kappa shape index (κ3) is 3.17. The molecule has 1 aromatic carbocycles. The Morgan fingerprint density at radius 3 is 2.53 bits per heavy atom. The molecule has 0 aliphatic rings. The van der Waals surface area contributed by atoms with E-state index in [2.05, 4.69) is 30.4 Å². The first-order valence-corrected chi connectivity index (χ1v) is 6.81. The van der Waals surface area contributed by atoms with Crippen molar-refractivity contribution in [2.24, 2.45) is 0 Å². The molecule has 0 radical (unpaired) electrons. The summed E-state index contributed by atoms with van der Waals surface area (Å²) in [4.78, 5) is 0. The van der Waals surface area contributed by atoms with E-state index in [0.29, 0.717) is 0 Å². The second-order valence-electron chi connectivity index (χ2n) is 4.90. The van der Waals surface area contributed by atoms with Crippen molar-refractivity contribution >= 4 is 11.6 Å². The molecule has 4 heteroatoms. The maximum absolute atomic E-state index is 6.02. The lowest BCUT2D eigenvalue weighted by Gasteiger charge is -2.20. The molecule has 0 bridgehead atoms. The Kier molecular flexibility index (Phi) is 4.27. The van der Waals surface area contributed by atoms with Gasteiger partial charge in [0.25, 0.3) is 0 Å². The lowest BCUT2D eigenvalue weighted by atomic mass is 10.0. The molecule has 1 aromatic heterocycles. The minimum atomic E-state index is 0.181. The number of nitrogens with zero attached hydrogens (tertiary/aromatic N) is 1. The van der Waals surface area contributed by atoms with Gasteiger partial charge in [-0.15, -0.1) is 0 Å². The SMILES string of the molecule is Cc1noc(C)c1C(C)NC(C)c1cccc(Cl)c1. The molecule has 2 atom stereocenters. The monoisotopic (exact) mass is 278 g/mol. The molecular weight excluding hydrogens is 260 g/mol. The average molecular weight is 279 g/mol. The van der Waals surface area contributed by atoms with Gasteiger partial charge in [0.2, 0.25) is 0 Å². The lowest BCUT2D eigenvalue weighted by Crippen LogP contribution is -2.23. The molecule has 2 rings (SSSR count). The molecule has 19 heavy (non-hydrogen) atoms. The number of benzene rings is 1. The van der Waals surface area contributed by atoms with Gasteiger partial charge in [0, 0.05) is 22.7 Å². The van der Waals surface area contributed by atoms with E-state index in [-0.39, 0.29) is 12.1 Å². The summed E-state index contributed by atoms with van der Waals surface area (Å²) in [6, 6.07) is 8.30. The number of halogens is 1. The zero-order chi connectivity index (χ0) is 14.0. The molecule has 102 valence electrons. The van der Waals surface area contributed by atoms with E-state index in [9.17, 15) is 0 Å². The first-order chi connectivity index (χ1) is 8.99. The quantitative estimate of drug-likeness (QED) is 0.903. The Morgan fingerprint density at radius 1 is 1.21 bits per heavy atom. The van der Waals surface area contributed by atoms with Crippen LogP contribution in [0.1, 0.15) is 48.5 Å². The summed E-state index contributed by atoms with van der Waals surface area (Å²) in [5, 5.41) is 8.30. The summed E-state index contributed by atoms with van der Waals surface area (Å²) < 4.78 is 5.21. The van der Waals surface area contributed by atoms with Crippen molar-refractivity contribution in [2.75, 3.05) is 0 Å². The molecule has 3 nitrogen and oxygen atoms in total. The smallest absolute Gasteiger partial charge is 0.138 e. The number of aromatic nitrogens is 1. The summed E-state index contributed by atoms with van der Waals surface area (Å²) in [5.74, 6) is 0.871. The van der Waals surface area contributed by atoms with Gasteiger partial charge in [-0.2, -0.15) is 0 Å². The van der Waals surface area contributed by atoms with Crippen molar-refractivity contribution in [1.82, 2.24) is 10.5 Å². The average Bonchev–Trinajstić information content (AvgIpc) is 2.69. The van der Waals surface area contributed by atoms with Crippen LogP contribution in [0.25, 0.3) is 0 Å². The highest BCUT2D eigenvalue weighted by molar-refractivity contribution is 6.30. The fourth-order valence-electron chi connectivity index (χ4n) is 2.44. The van der Waals surface area contributed by atoms with E-state index >= 15 is 0 Å². The Labute approximate surface area is 118 Å². The zero-order valence-electron chi connectivity index (χ0n) is 11.7. The predicted octanol–water partition coefficient (Wildman–Crippen LogP) is 4.36. The minimum absolute atomic E-state index is 0.181. The van der Waals surface area contributed by atoms with Crippen LogP contribution in [0.4, 0.5) is 0 Å². The van der Waals surface area contributed by atoms with Crippen LogP contribution >= 0.6 is 11.6 Å². The Morgan fingerprint density at radius 2 is 1.95 bits per heavy atom. The molecule has 0 saturated carbocycles. The molecule has 2 unspecified atom stereocenters. The van der Waals surface area contributed by atoms with Gasteiger partial charge in [-0.05, 0) is 45.4 Å². The van der Waals surface area contributed by atoms with Gasteiger partial charge in [0.05, 0.1) is 5.69 Å². The maximum Gasteiger partial charge on any atom is 0.138 e. The molecule has 0 saturated heterocycles. The van der Waals surface area contributed by atoms with Crippen molar-refractivity contribution in [3.05, 3.63) is 51.9 Å². The normalized spacial score (nSPS) is 14.4. The summed E-state index contributed by atoms with van der Waals surface area (Å²) in [7, 11) is 0. The summed E-state index contributed by atoms with van der Waals surface area (Å²) in [5.41, 5.74) is 3.25. The van der Waals surface area contributed by atoms with Crippen molar-refractivity contribution in [1.29, 1.82) is 0 Å². The van der Waals surface area contributed by atoms with Crippen LogP contribution in [0.5, 0.6) is 0 Å². The van der Waals surface area contributed by atoms with E-state index < -0.39 is 0 Å². The van der Waals surface area contributed by atoms with E-state index in [1.165, 1.54) is 5.56 Å². The molecule has 0 aliphatic carbocycles. The molecule has 0 aliphatic heterocycles. The fourth-order valence-corrected chi connectivity index (χ4v) is 2.64. The van der Waals surface area contributed by atoms with E-state index in [1.54, 1.807) is 0 Å². The van der Waals surface area contributed by atoms with Gasteiger partial charge in [-0.25, -0.2) is 0 Å². The van der Waals surface area contributed by atoms with Gasteiger partial charge >= 0.3 is 0 Å². The lowest BCUT2D eigenvalue weighted by molar-refractivity contribution is 0.389. The molecule has 0 spiro atoms. The standard InChI is InChI=1S/C15H19ClN2O/c1-9(13-6-5-7-14(16)8-13)17-10(2)15-11(3)18-19-12(15)4/h5-10,17H,1-4H3. The number of aryl methyl sites for hydroxylation is 2. The molecule has 2 aromatic rings. The molecule has 1 N–H and O–H groups in total. The summed E-state index contributed by atoms with van der Waals surface area (Å²) in [6.45, 7) is 8.15. The fraction of sp³-hybridized carbons (Fsp3) is 0.400. The van der Waals surface area contributed by atoms with E-state index in [0.717, 1.165) is 22.0 Å². The topological polar surface area (TPSA) is 38.1 Å². The van der Waals surface area contributed by atoms with Crippen LogP contribution in [0.2, 0.25) is 5.02 Å². The highest BCUT2D eigenvalue weighted by Crippen LogP contribution is 2.25. The second kappa shape index (κ2) is 5.76. The van der Waals surface area contributed by atoms with Crippen LogP contribution in [0.15, 0.2) is 28.8 Å². The van der Waals surface area contributed by atoms with Crippen molar-refractivity contribution in [3.63, 3.8) is 0 Å². The highest BCUT2D eigenvalue weighted by atomic mass is 35.5. The van der Waals surface area contributed by atoms with Gasteiger partial charge in [0.1, 0.15) is 5.76 Å². The van der Waals surface area contributed by atoms with Gasteiger partial charge < -0.3 is 9.84 Å². The van der Waals surface area contributed by atoms with Gasteiger partial charge in [-0.3, -0.25) is 0 Å².